The molecule has 1 aliphatic heterocycles. The Balaban J connectivity index is 1.82. The Kier molecular flexibility index (Phi) is 6.95. The third kappa shape index (κ3) is 5.20. The molecule has 0 radical (unpaired) electrons. The summed E-state index contributed by atoms with van der Waals surface area (Å²) in [5.41, 5.74) is -0.118. The van der Waals surface area contributed by atoms with Gasteiger partial charge in [0.1, 0.15) is 6.10 Å². The summed E-state index contributed by atoms with van der Waals surface area (Å²) in [4.78, 5) is 7.10. The Hall–Kier alpha value is -0.830. The van der Waals surface area contributed by atoms with Crippen LogP contribution in [0.1, 0.15) is 37.1 Å². The molecule has 1 saturated heterocycles. The van der Waals surface area contributed by atoms with Crippen LogP contribution in [0.4, 0.5) is 13.2 Å². The molecule has 2 unspecified atom stereocenters. The first-order valence-electron chi connectivity index (χ1n) is 8.80. The average molecular weight is 446 g/mol. The zero-order valence-corrected chi connectivity index (χ0v) is 18.3. The van der Waals surface area contributed by atoms with E-state index in [2.05, 4.69) is 42.4 Å². The van der Waals surface area contributed by atoms with Gasteiger partial charge < -0.3 is 4.74 Å². The number of benzene rings is 1. The smallest absolute Gasteiger partial charge is 0.372 e. The summed E-state index contributed by atoms with van der Waals surface area (Å²) in [7, 11) is 0. The quantitative estimate of drug-likeness (QED) is 0.463. The highest BCUT2D eigenvalue weighted by atomic mass is 32.2. The lowest BCUT2D eigenvalue weighted by atomic mass is 9.94. The van der Waals surface area contributed by atoms with E-state index in [1.807, 2.05) is 11.8 Å². The minimum atomic E-state index is -4.39. The first kappa shape index (κ1) is 21.9. The molecule has 1 aliphatic rings. The van der Waals surface area contributed by atoms with Crippen LogP contribution in [0.25, 0.3) is 0 Å². The highest BCUT2D eigenvalue weighted by molar-refractivity contribution is 8.01. The second-order valence-corrected chi connectivity index (χ2v) is 10.2. The molecule has 0 amide bonds. The average Bonchev–Trinajstić information content (AvgIpc) is 2.66. The second kappa shape index (κ2) is 8.90. The summed E-state index contributed by atoms with van der Waals surface area (Å²) in [6, 6.07) is 9.59. The van der Waals surface area contributed by atoms with Crippen LogP contribution in [-0.4, -0.2) is 28.8 Å². The molecule has 1 aromatic carbocycles. The summed E-state index contributed by atoms with van der Waals surface area (Å²) < 4.78 is 44.9. The number of alkyl halides is 3. The van der Waals surface area contributed by atoms with Gasteiger partial charge in [0.05, 0.1) is 11.3 Å². The molecule has 8 heteroatoms. The number of halogens is 3. The number of aromatic nitrogens is 1. The van der Waals surface area contributed by atoms with Crippen molar-refractivity contribution in [2.24, 2.45) is 0 Å². The van der Waals surface area contributed by atoms with Gasteiger partial charge >= 0.3 is 6.18 Å². The Morgan fingerprint density at radius 2 is 1.89 bits per heavy atom. The highest BCUT2D eigenvalue weighted by Crippen LogP contribution is 2.47. The van der Waals surface area contributed by atoms with E-state index in [1.165, 1.54) is 27.6 Å². The minimum absolute atomic E-state index is 0.0694. The van der Waals surface area contributed by atoms with E-state index in [0.29, 0.717) is 23.6 Å². The third-order valence-corrected chi connectivity index (χ3v) is 7.55. The second-order valence-electron chi connectivity index (χ2n) is 6.85. The number of rotatable bonds is 5. The predicted molar refractivity (Wildman–Crippen MR) is 111 cm³/mol. The molecule has 0 saturated carbocycles. The SMILES string of the molecule is CSc1cccc(SC2(C)CCOC(c3ncc(C(F)(F)F)cc3SC)C2)c1. The lowest BCUT2D eigenvalue weighted by Crippen LogP contribution is -2.32. The molecule has 1 aromatic heterocycles. The topological polar surface area (TPSA) is 22.1 Å². The van der Waals surface area contributed by atoms with Gasteiger partial charge in [0.2, 0.25) is 0 Å². The summed E-state index contributed by atoms with van der Waals surface area (Å²) in [5, 5.41) is 0. The van der Waals surface area contributed by atoms with E-state index in [4.69, 9.17) is 4.74 Å². The highest BCUT2D eigenvalue weighted by Gasteiger charge is 2.37. The number of thioether (sulfide) groups is 3. The number of nitrogens with zero attached hydrogens (tertiary/aromatic N) is 1. The van der Waals surface area contributed by atoms with Crippen LogP contribution in [-0.2, 0) is 10.9 Å². The van der Waals surface area contributed by atoms with Gasteiger partial charge in [-0.25, -0.2) is 0 Å². The maximum atomic E-state index is 13.0. The standard InChI is InChI=1S/C20H22F3NOS3/c1-19(28-15-6-4-5-14(10-15)26-2)7-8-25-16(11-19)18-17(27-3)9-13(12-24-18)20(21,22)23/h4-6,9-10,12,16H,7-8,11H2,1-3H3. The Morgan fingerprint density at radius 1 is 1.14 bits per heavy atom. The molecule has 28 heavy (non-hydrogen) atoms. The molecule has 2 nitrogen and oxygen atoms in total. The van der Waals surface area contributed by atoms with Crippen LogP contribution in [0.3, 0.4) is 0 Å². The van der Waals surface area contributed by atoms with Crippen LogP contribution in [0, 0.1) is 0 Å². The third-order valence-electron chi connectivity index (χ3n) is 4.71. The first-order valence-corrected chi connectivity index (χ1v) is 12.1. The van der Waals surface area contributed by atoms with E-state index in [9.17, 15) is 13.2 Å². The van der Waals surface area contributed by atoms with Crippen LogP contribution in [0.5, 0.6) is 0 Å². The van der Waals surface area contributed by atoms with Gasteiger partial charge in [0.15, 0.2) is 0 Å². The van der Waals surface area contributed by atoms with Crippen molar-refractivity contribution in [2.75, 3.05) is 19.1 Å². The van der Waals surface area contributed by atoms with Crippen molar-refractivity contribution in [3.05, 3.63) is 47.8 Å². The van der Waals surface area contributed by atoms with Crippen molar-refractivity contribution in [3.8, 4) is 0 Å². The molecule has 2 aromatic rings. The van der Waals surface area contributed by atoms with Crippen molar-refractivity contribution in [3.63, 3.8) is 0 Å². The molecular formula is C20H22F3NOS3. The van der Waals surface area contributed by atoms with Gasteiger partial charge in [0.25, 0.3) is 0 Å². The number of ether oxygens (including phenoxy) is 1. The normalized spacial score (nSPS) is 23.0. The molecular weight excluding hydrogens is 423 g/mol. The number of hydrogen-bond donors (Lipinski definition) is 0. The van der Waals surface area contributed by atoms with Crippen molar-refractivity contribution >= 4 is 35.3 Å². The van der Waals surface area contributed by atoms with Gasteiger partial charge in [-0.05, 0) is 56.5 Å². The monoisotopic (exact) mass is 445 g/mol. The molecule has 0 N–H and O–H groups in total. The molecule has 0 bridgehead atoms. The van der Waals surface area contributed by atoms with Crippen LogP contribution in [0.2, 0.25) is 0 Å². The molecule has 0 spiro atoms. The largest absolute Gasteiger partial charge is 0.417 e. The van der Waals surface area contributed by atoms with E-state index in [0.717, 1.165) is 12.6 Å². The maximum absolute atomic E-state index is 13.0. The maximum Gasteiger partial charge on any atom is 0.417 e. The van der Waals surface area contributed by atoms with Gasteiger partial charge in [-0.2, -0.15) is 13.2 Å². The first-order chi connectivity index (χ1) is 13.2. The molecule has 0 aliphatic carbocycles. The van der Waals surface area contributed by atoms with Crippen molar-refractivity contribution < 1.29 is 17.9 Å². The fraction of sp³-hybridized carbons (Fsp3) is 0.450. The summed E-state index contributed by atoms with van der Waals surface area (Å²) in [5.74, 6) is 0. The minimum Gasteiger partial charge on any atom is -0.372 e. The van der Waals surface area contributed by atoms with E-state index >= 15 is 0 Å². The zero-order valence-electron chi connectivity index (χ0n) is 15.9. The number of hydrogen-bond acceptors (Lipinski definition) is 5. The van der Waals surface area contributed by atoms with Crippen LogP contribution in [0.15, 0.2) is 51.2 Å². The Bertz CT molecular complexity index is 831. The molecule has 3 rings (SSSR count). The Morgan fingerprint density at radius 3 is 2.57 bits per heavy atom. The van der Waals surface area contributed by atoms with Crippen LogP contribution >= 0.6 is 35.3 Å². The van der Waals surface area contributed by atoms with Crippen molar-refractivity contribution in [1.82, 2.24) is 4.98 Å². The van der Waals surface area contributed by atoms with Gasteiger partial charge in [-0.15, -0.1) is 35.3 Å². The van der Waals surface area contributed by atoms with Gasteiger partial charge in [0, 0.05) is 32.2 Å². The Labute approximate surface area is 176 Å². The fourth-order valence-electron chi connectivity index (χ4n) is 3.20. The predicted octanol–water partition coefficient (Wildman–Crippen LogP) is 6.95. The summed E-state index contributed by atoms with van der Waals surface area (Å²) in [6.45, 7) is 2.76. The van der Waals surface area contributed by atoms with Gasteiger partial charge in [-0.1, -0.05) is 6.07 Å². The lowest BCUT2D eigenvalue weighted by Gasteiger charge is -2.38. The summed E-state index contributed by atoms with van der Waals surface area (Å²) >= 11 is 4.79. The molecule has 2 heterocycles. The molecule has 152 valence electrons. The van der Waals surface area contributed by atoms with Crippen molar-refractivity contribution in [1.29, 1.82) is 0 Å². The summed E-state index contributed by atoms with van der Waals surface area (Å²) in [6.07, 6.45) is 1.62. The molecule has 2 atom stereocenters. The van der Waals surface area contributed by atoms with Gasteiger partial charge in [-0.3, -0.25) is 4.98 Å². The van der Waals surface area contributed by atoms with Crippen molar-refractivity contribution in [2.45, 2.75) is 51.5 Å². The zero-order chi connectivity index (χ0) is 20.4. The van der Waals surface area contributed by atoms with E-state index in [1.54, 1.807) is 18.0 Å². The van der Waals surface area contributed by atoms with E-state index < -0.39 is 11.7 Å². The lowest BCUT2D eigenvalue weighted by molar-refractivity contribution is -0.138. The molecule has 1 fully saturated rings. The number of pyridine rings is 1. The van der Waals surface area contributed by atoms with Crippen LogP contribution < -0.4 is 0 Å². The fourth-order valence-corrected chi connectivity index (χ4v) is 5.70. The van der Waals surface area contributed by atoms with E-state index in [-0.39, 0.29) is 10.9 Å².